The van der Waals surface area contributed by atoms with Crippen LogP contribution < -0.4 is 14.8 Å². The normalized spacial score (nSPS) is 10.8. The van der Waals surface area contributed by atoms with Gasteiger partial charge in [-0.3, -0.25) is 0 Å². The van der Waals surface area contributed by atoms with E-state index in [-0.39, 0.29) is 0 Å². The molecule has 1 heterocycles. The highest BCUT2D eigenvalue weighted by Crippen LogP contribution is 2.34. The molecule has 0 atom stereocenters. The number of benzene rings is 1. The van der Waals surface area contributed by atoms with Gasteiger partial charge in [-0.05, 0) is 36.4 Å². The molecule has 0 amide bonds. The molecule has 0 aliphatic carbocycles. The standard InChI is InChI=1S/C16H22N2O2/c1-5-12(6-2)18-16-13-10-15(20-4)14(19-3)9-11(13)7-8-17-16/h7-10,12H,5-6H2,1-4H3,(H,17,18). The molecular formula is C16H22N2O2. The molecule has 1 N–H and O–H groups in total. The van der Waals surface area contributed by atoms with Crippen LogP contribution in [0.5, 0.6) is 11.5 Å². The van der Waals surface area contributed by atoms with E-state index in [9.17, 15) is 0 Å². The van der Waals surface area contributed by atoms with Crippen molar-refractivity contribution < 1.29 is 9.47 Å². The Balaban J connectivity index is 2.50. The number of hydrogen-bond donors (Lipinski definition) is 1. The smallest absolute Gasteiger partial charge is 0.161 e. The van der Waals surface area contributed by atoms with Gasteiger partial charge >= 0.3 is 0 Å². The number of hydrogen-bond acceptors (Lipinski definition) is 4. The monoisotopic (exact) mass is 274 g/mol. The van der Waals surface area contributed by atoms with Crippen LogP contribution in [0.4, 0.5) is 5.82 Å². The van der Waals surface area contributed by atoms with Crippen LogP contribution in [0.2, 0.25) is 0 Å². The molecule has 0 aliphatic heterocycles. The van der Waals surface area contributed by atoms with Gasteiger partial charge in [0.05, 0.1) is 14.2 Å². The van der Waals surface area contributed by atoms with Crippen molar-refractivity contribution in [1.29, 1.82) is 0 Å². The second kappa shape index (κ2) is 6.46. The first-order chi connectivity index (χ1) is 9.73. The highest BCUT2D eigenvalue weighted by atomic mass is 16.5. The second-order valence-corrected chi connectivity index (χ2v) is 4.75. The third-order valence-electron chi connectivity index (χ3n) is 3.60. The quantitative estimate of drug-likeness (QED) is 0.868. The van der Waals surface area contributed by atoms with E-state index in [0.29, 0.717) is 6.04 Å². The molecule has 1 aromatic carbocycles. The lowest BCUT2D eigenvalue weighted by Gasteiger charge is -2.17. The molecule has 0 bridgehead atoms. The molecule has 0 fully saturated rings. The average Bonchev–Trinajstić information content (AvgIpc) is 2.51. The molecule has 0 aliphatic rings. The maximum absolute atomic E-state index is 5.38. The molecule has 0 spiro atoms. The van der Waals surface area contributed by atoms with Gasteiger partial charge in [0.15, 0.2) is 11.5 Å². The Bertz CT molecular complexity index is 580. The first-order valence-corrected chi connectivity index (χ1v) is 7.00. The average molecular weight is 274 g/mol. The van der Waals surface area contributed by atoms with E-state index in [1.807, 2.05) is 24.4 Å². The molecule has 4 nitrogen and oxygen atoms in total. The van der Waals surface area contributed by atoms with Crippen LogP contribution in [-0.2, 0) is 0 Å². The third kappa shape index (κ3) is 2.79. The molecular weight excluding hydrogens is 252 g/mol. The second-order valence-electron chi connectivity index (χ2n) is 4.75. The summed E-state index contributed by atoms with van der Waals surface area (Å²) in [6, 6.07) is 6.37. The van der Waals surface area contributed by atoms with Crippen molar-refractivity contribution in [2.24, 2.45) is 0 Å². The van der Waals surface area contributed by atoms with Gasteiger partial charge in [0, 0.05) is 17.6 Å². The van der Waals surface area contributed by atoms with E-state index >= 15 is 0 Å². The summed E-state index contributed by atoms with van der Waals surface area (Å²) in [6.45, 7) is 4.35. The van der Waals surface area contributed by atoms with Crippen LogP contribution in [-0.4, -0.2) is 25.2 Å². The summed E-state index contributed by atoms with van der Waals surface area (Å²) in [4.78, 5) is 4.47. The zero-order chi connectivity index (χ0) is 14.5. The fourth-order valence-electron chi connectivity index (χ4n) is 2.30. The number of ether oxygens (including phenoxy) is 2. The fraction of sp³-hybridized carbons (Fsp3) is 0.438. The van der Waals surface area contributed by atoms with Gasteiger partial charge in [-0.25, -0.2) is 4.98 Å². The van der Waals surface area contributed by atoms with Gasteiger partial charge in [0.25, 0.3) is 0 Å². The minimum Gasteiger partial charge on any atom is -0.493 e. The predicted molar refractivity (Wildman–Crippen MR) is 82.8 cm³/mol. The van der Waals surface area contributed by atoms with E-state index in [0.717, 1.165) is 40.9 Å². The Morgan fingerprint density at radius 3 is 2.35 bits per heavy atom. The summed E-state index contributed by atoms with van der Waals surface area (Å²) in [7, 11) is 3.29. The molecule has 1 aromatic heterocycles. The molecule has 0 saturated carbocycles. The van der Waals surface area contributed by atoms with Crippen LogP contribution in [0.25, 0.3) is 10.8 Å². The molecule has 0 unspecified atom stereocenters. The number of aromatic nitrogens is 1. The minimum atomic E-state index is 0.432. The number of nitrogens with zero attached hydrogens (tertiary/aromatic N) is 1. The number of fused-ring (bicyclic) bond motifs is 1. The Labute approximate surface area is 120 Å². The van der Waals surface area contributed by atoms with E-state index < -0.39 is 0 Å². The summed E-state index contributed by atoms with van der Waals surface area (Å²) in [6.07, 6.45) is 3.96. The Kier molecular flexibility index (Phi) is 4.66. The number of pyridine rings is 1. The van der Waals surface area contributed by atoms with Gasteiger partial charge in [-0.2, -0.15) is 0 Å². The molecule has 20 heavy (non-hydrogen) atoms. The summed E-state index contributed by atoms with van der Waals surface area (Å²) >= 11 is 0. The first kappa shape index (κ1) is 14.4. The van der Waals surface area contributed by atoms with Crippen LogP contribution in [0.15, 0.2) is 24.4 Å². The van der Waals surface area contributed by atoms with Crippen LogP contribution >= 0.6 is 0 Å². The lowest BCUT2D eigenvalue weighted by atomic mass is 10.1. The summed E-state index contributed by atoms with van der Waals surface area (Å²) in [5.41, 5.74) is 0. The van der Waals surface area contributed by atoms with Crippen LogP contribution in [0.3, 0.4) is 0 Å². The van der Waals surface area contributed by atoms with Crippen LogP contribution in [0, 0.1) is 0 Å². The number of methoxy groups -OCH3 is 2. The maximum Gasteiger partial charge on any atom is 0.161 e. The molecule has 0 saturated heterocycles. The van der Waals surface area contributed by atoms with Crippen molar-refractivity contribution in [3.63, 3.8) is 0 Å². The van der Waals surface area contributed by atoms with Crippen molar-refractivity contribution in [3.05, 3.63) is 24.4 Å². The van der Waals surface area contributed by atoms with E-state index in [4.69, 9.17) is 9.47 Å². The lowest BCUT2D eigenvalue weighted by Crippen LogP contribution is -2.17. The summed E-state index contributed by atoms with van der Waals surface area (Å²) in [5, 5.41) is 5.64. The Hall–Kier alpha value is -1.97. The Morgan fingerprint density at radius 1 is 1.10 bits per heavy atom. The molecule has 108 valence electrons. The lowest BCUT2D eigenvalue weighted by molar-refractivity contribution is 0.356. The third-order valence-corrected chi connectivity index (χ3v) is 3.60. The van der Waals surface area contributed by atoms with Crippen molar-refractivity contribution in [2.75, 3.05) is 19.5 Å². The summed E-state index contributed by atoms with van der Waals surface area (Å²) < 4.78 is 10.7. The highest BCUT2D eigenvalue weighted by Gasteiger charge is 2.11. The topological polar surface area (TPSA) is 43.4 Å². The fourth-order valence-corrected chi connectivity index (χ4v) is 2.30. The molecule has 4 heteroatoms. The van der Waals surface area contributed by atoms with E-state index in [1.54, 1.807) is 14.2 Å². The van der Waals surface area contributed by atoms with Crippen molar-refractivity contribution >= 4 is 16.6 Å². The molecule has 0 radical (unpaired) electrons. The summed E-state index contributed by atoms with van der Waals surface area (Å²) in [5.74, 6) is 2.36. The van der Waals surface area contributed by atoms with Crippen molar-refractivity contribution in [2.45, 2.75) is 32.7 Å². The van der Waals surface area contributed by atoms with Gasteiger partial charge in [0.1, 0.15) is 5.82 Å². The largest absolute Gasteiger partial charge is 0.493 e. The SMILES string of the molecule is CCC(CC)Nc1nccc2cc(OC)c(OC)cc12. The highest BCUT2D eigenvalue weighted by molar-refractivity contribution is 5.94. The number of rotatable bonds is 6. The predicted octanol–water partition coefficient (Wildman–Crippen LogP) is 3.85. The molecule has 2 aromatic rings. The van der Waals surface area contributed by atoms with E-state index in [2.05, 4.69) is 24.1 Å². The zero-order valence-electron chi connectivity index (χ0n) is 12.6. The minimum absolute atomic E-state index is 0.432. The zero-order valence-corrected chi connectivity index (χ0v) is 12.6. The van der Waals surface area contributed by atoms with Gasteiger partial charge in [0.2, 0.25) is 0 Å². The number of nitrogens with one attached hydrogen (secondary N) is 1. The van der Waals surface area contributed by atoms with Crippen LogP contribution in [0.1, 0.15) is 26.7 Å². The maximum atomic E-state index is 5.38. The van der Waals surface area contributed by atoms with Gasteiger partial charge in [-0.1, -0.05) is 13.8 Å². The van der Waals surface area contributed by atoms with Crippen molar-refractivity contribution in [3.8, 4) is 11.5 Å². The van der Waals surface area contributed by atoms with Gasteiger partial charge < -0.3 is 14.8 Å². The van der Waals surface area contributed by atoms with E-state index in [1.165, 1.54) is 0 Å². The van der Waals surface area contributed by atoms with Gasteiger partial charge in [-0.15, -0.1) is 0 Å². The molecule has 2 rings (SSSR count). The van der Waals surface area contributed by atoms with Crippen molar-refractivity contribution in [1.82, 2.24) is 4.98 Å². The Morgan fingerprint density at radius 2 is 1.75 bits per heavy atom. The number of anilines is 1. The first-order valence-electron chi connectivity index (χ1n) is 7.00.